The van der Waals surface area contributed by atoms with Crippen LogP contribution >= 0.6 is 0 Å². The molecule has 0 spiro atoms. The van der Waals surface area contributed by atoms with Crippen molar-refractivity contribution >= 4 is 5.91 Å². The molecule has 2 aromatic heterocycles. The molecule has 5 rings (SSSR count). The summed E-state index contributed by atoms with van der Waals surface area (Å²) in [5.41, 5.74) is 0.251. The van der Waals surface area contributed by atoms with Crippen LogP contribution in [0.15, 0.2) is 41.3 Å². The number of carbonyl (C=O) groups is 1. The molecule has 1 aromatic carbocycles. The average Bonchev–Trinajstić information content (AvgIpc) is 3.64. The summed E-state index contributed by atoms with van der Waals surface area (Å²) in [5, 5.41) is 20.3. The third-order valence-electron chi connectivity index (χ3n) is 7.54. The Labute approximate surface area is 224 Å². The molecule has 1 aliphatic carbocycles. The zero-order chi connectivity index (χ0) is 27.7. The number of aromatic nitrogens is 3. The summed E-state index contributed by atoms with van der Waals surface area (Å²) in [7, 11) is 0. The number of unbranched alkanes of at least 4 members (excludes halogenated alkanes) is 1. The van der Waals surface area contributed by atoms with Crippen LogP contribution in [0.4, 0.5) is 8.78 Å². The maximum Gasteiger partial charge on any atom is 0.270 e. The Bertz CT molecular complexity index is 1510. The fourth-order valence-corrected chi connectivity index (χ4v) is 5.44. The molecule has 1 saturated heterocycles. The van der Waals surface area contributed by atoms with Crippen molar-refractivity contribution in [3.63, 3.8) is 0 Å². The molecule has 10 heteroatoms. The second-order valence-corrected chi connectivity index (χ2v) is 10.3. The molecule has 1 unspecified atom stereocenters. The van der Waals surface area contributed by atoms with Crippen molar-refractivity contribution in [2.24, 2.45) is 5.92 Å². The first-order chi connectivity index (χ1) is 18.8. The van der Waals surface area contributed by atoms with Gasteiger partial charge in [0.05, 0.1) is 29.6 Å². The molecular weight excluding hydrogens is 504 g/mol. The number of amides is 1. The second-order valence-electron chi connectivity index (χ2n) is 10.3. The third kappa shape index (κ3) is 5.26. The van der Waals surface area contributed by atoms with E-state index in [1.807, 2.05) is 13.0 Å². The van der Waals surface area contributed by atoms with E-state index in [4.69, 9.17) is 0 Å². The Kier molecular flexibility index (Phi) is 7.42. The van der Waals surface area contributed by atoms with Crippen LogP contribution < -0.4 is 5.56 Å². The van der Waals surface area contributed by atoms with Crippen molar-refractivity contribution in [3.05, 3.63) is 86.7 Å². The van der Waals surface area contributed by atoms with Crippen LogP contribution in [0.25, 0.3) is 0 Å². The van der Waals surface area contributed by atoms with Gasteiger partial charge in [-0.1, -0.05) is 25.5 Å². The van der Waals surface area contributed by atoms with Crippen molar-refractivity contribution in [2.45, 2.75) is 57.4 Å². The van der Waals surface area contributed by atoms with E-state index >= 15 is 0 Å². The van der Waals surface area contributed by atoms with E-state index in [2.05, 4.69) is 16.0 Å². The summed E-state index contributed by atoms with van der Waals surface area (Å²) in [5.74, 6) is -2.82. The highest BCUT2D eigenvalue weighted by Gasteiger charge is 2.39. The van der Waals surface area contributed by atoms with Gasteiger partial charge in [-0.25, -0.2) is 8.78 Å². The van der Waals surface area contributed by atoms with Gasteiger partial charge in [-0.05, 0) is 49.3 Å². The van der Waals surface area contributed by atoms with Gasteiger partial charge in [0.2, 0.25) is 5.88 Å². The maximum absolute atomic E-state index is 14.3. The topological polar surface area (TPSA) is 112 Å². The van der Waals surface area contributed by atoms with Crippen LogP contribution in [0.2, 0.25) is 0 Å². The van der Waals surface area contributed by atoms with E-state index in [-0.39, 0.29) is 24.7 Å². The van der Waals surface area contributed by atoms with Crippen molar-refractivity contribution in [3.8, 4) is 11.9 Å². The van der Waals surface area contributed by atoms with Gasteiger partial charge in [0.15, 0.2) is 5.56 Å². The number of nitrogens with zero attached hydrogens (tertiary/aromatic N) is 5. The zero-order valence-electron chi connectivity index (χ0n) is 21.6. The summed E-state index contributed by atoms with van der Waals surface area (Å²) in [6.45, 7) is 2.30. The molecule has 0 radical (unpaired) electrons. The number of hydrogen-bond donors (Lipinski definition) is 1. The number of benzene rings is 1. The van der Waals surface area contributed by atoms with E-state index in [0.717, 1.165) is 43.5 Å². The first-order valence-electron chi connectivity index (χ1n) is 13.3. The lowest BCUT2D eigenvalue weighted by molar-refractivity contribution is 0.0783. The van der Waals surface area contributed by atoms with E-state index < -0.39 is 46.5 Å². The first kappa shape index (κ1) is 26.5. The Morgan fingerprint density at radius 1 is 1.26 bits per heavy atom. The second kappa shape index (κ2) is 10.9. The van der Waals surface area contributed by atoms with E-state index in [9.17, 15) is 28.7 Å². The van der Waals surface area contributed by atoms with E-state index in [1.165, 1.54) is 9.47 Å². The van der Waals surface area contributed by atoms with Gasteiger partial charge in [-0.3, -0.25) is 19.1 Å². The quantitative estimate of drug-likeness (QED) is 0.457. The molecule has 1 aliphatic heterocycles. The van der Waals surface area contributed by atoms with Gasteiger partial charge in [-0.15, -0.1) is 0 Å². The van der Waals surface area contributed by atoms with Gasteiger partial charge in [0, 0.05) is 31.5 Å². The molecule has 8 nitrogen and oxygen atoms in total. The van der Waals surface area contributed by atoms with Crippen molar-refractivity contribution < 1.29 is 18.7 Å². The van der Waals surface area contributed by atoms with Crippen LogP contribution in [-0.4, -0.2) is 43.5 Å². The monoisotopic (exact) mass is 533 g/mol. The third-order valence-corrected chi connectivity index (χ3v) is 7.54. The summed E-state index contributed by atoms with van der Waals surface area (Å²) in [4.78, 5) is 37.3. The number of hydrogen-bond acceptors (Lipinski definition) is 6. The predicted molar refractivity (Wildman–Crippen MR) is 138 cm³/mol. The van der Waals surface area contributed by atoms with Crippen LogP contribution in [0, 0.1) is 28.9 Å². The number of pyridine rings is 1. The summed E-state index contributed by atoms with van der Waals surface area (Å²) >= 11 is 0. The van der Waals surface area contributed by atoms with Gasteiger partial charge in [-0.2, -0.15) is 10.2 Å². The highest BCUT2D eigenvalue weighted by molar-refractivity contribution is 5.96. The molecule has 2 aliphatic rings. The molecule has 3 aromatic rings. The smallest absolute Gasteiger partial charge is 0.270 e. The zero-order valence-corrected chi connectivity index (χ0v) is 21.6. The van der Waals surface area contributed by atoms with E-state index in [0.29, 0.717) is 24.2 Å². The van der Waals surface area contributed by atoms with Crippen LogP contribution in [0.3, 0.4) is 0 Å². The Balaban J connectivity index is 1.54. The summed E-state index contributed by atoms with van der Waals surface area (Å²) in [6, 6.07) is 9.55. The number of aromatic hydroxyl groups is 1. The van der Waals surface area contributed by atoms with Crippen LogP contribution in [-0.2, 0) is 6.42 Å². The van der Waals surface area contributed by atoms with Gasteiger partial charge < -0.3 is 10.0 Å². The number of aryl methyl sites for hydroxylation is 1. The molecule has 0 bridgehead atoms. The molecular formula is C29H29F2N5O3. The molecule has 1 amide bonds. The maximum atomic E-state index is 14.3. The first-order valence-corrected chi connectivity index (χ1v) is 13.3. The number of likely N-dealkylation sites (tertiary alicyclic amines) is 1. The minimum absolute atomic E-state index is 0.0625. The fraction of sp³-hybridized carbons (Fsp3) is 0.414. The lowest BCUT2D eigenvalue weighted by Gasteiger charge is -2.25. The molecule has 39 heavy (non-hydrogen) atoms. The van der Waals surface area contributed by atoms with Crippen LogP contribution in [0.5, 0.6) is 5.88 Å². The summed E-state index contributed by atoms with van der Waals surface area (Å²) < 4.78 is 29.2. The molecule has 1 saturated carbocycles. The standard InChI is InChI=1S/C29H29F2N5O3/c1-2-3-7-23-34-27(37)24(28(38)35-11-10-20(16-35)25-22(31)13-21(30)15-33-25)29(39)36(23)26(18-8-9-18)19-6-4-5-17(12-19)14-32/h4-6,12-13,15,18,20,26,37H,2-3,7-11,16H2,1H3/t20?,26-/m0/s1. The summed E-state index contributed by atoms with van der Waals surface area (Å²) in [6.07, 6.45) is 5.10. The number of carbonyl (C=O) groups excluding carboxylic acids is 1. The molecule has 1 N–H and O–H groups in total. The van der Waals surface area contributed by atoms with Crippen molar-refractivity contribution in [1.29, 1.82) is 5.26 Å². The van der Waals surface area contributed by atoms with Gasteiger partial charge >= 0.3 is 0 Å². The predicted octanol–water partition coefficient (Wildman–Crippen LogP) is 4.47. The minimum Gasteiger partial charge on any atom is -0.493 e. The number of nitriles is 1. The van der Waals surface area contributed by atoms with Crippen molar-refractivity contribution in [1.82, 2.24) is 19.4 Å². The van der Waals surface area contributed by atoms with Gasteiger partial charge in [0.25, 0.3) is 11.5 Å². The minimum atomic E-state index is -0.785. The highest BCUT2D eigenvalue weighted by atomic mass is 19.1. The number of halogens is 2. The Morgan fingerprint density at radius 2 is 2.05 bits per heavy atom. The Hall–Kier alpha value is -4.13. The average molecular weight is 534 g/mol. The van der Waals surface area contributed by atoms with Crippen LogP contribution in [0.1, 0.15) is 84.0 Å². The fourth-order valence-electron chi connectivity index (χ4n) is 5.44. The Morgan fingerprint density at radius 3 is 2.74 bits per heavy atom. The molecule has 3 heterocycles. The number of rotatable bonds is 8. The lowest BCUT2D eigenvalue weighted by Crippen LogP contribution is -2.39. The van der Waals surface area contributed by atoms with Crippen molar-refractivity contribution in [2.75, 3.05) is 13.1 Å². The molecule has 2 fully saturated rings. The largest absolute Gasteiger partial charge is 0.493 e. The molecule has 202 valence electrons. The normalized spacial score (nSPS) is 17.7. The molecule has 2 atom stereocenters. The highest BCUT2D eigenvalue weighted by Crippen LogP contribution is 2.44. The SMILES string of the molecule is CCCCc1nc(O)c(C(=O)N2CCC(c3ncc(F)cc3F)C2)c(=O)n1[C@H](c1cccc(C#N)c1)C1CC1. The lowest BCUT2D eigenvalue weighted by atomic mass is 9.99. The van der Waals surface area contributed by atoms with E-state index in [1.54, 1.807) is 18.2 Å². The van der Waals surface area contributed by atoms with Gasteiger partial charge in [0.1, 0.15) is 17.5 Å².